The van der Waals surface area contributed by atoms with Crippen LogP contribution in [0.5, 0.6) is 0 Å². The third-order valence-corrected chi connectivity index (χ3v) is 6.23. The van der Waals surface area contributed by atoms with Gasteiger partial charge < -0.3 is 16.0 Å². The fraction of sp³-hybridized carbons (Fsp3) is 0.529. The number of rotatable bonds is 6. The standard InChI is InChI=1S/C17H24FN3O4S/c1-3-11(2)15(16(22)19-13-6-4-12(18)5-7-13)21-17(23)20-14-8-9-26(24,25)10-14/h4-7,11,14-15H,3,8-10H2,1-2H3,(H,19,22)(H2,20,21,23)/t11-,14?,15+/m1/s1. The molecule has 1 unspecified atom stereocenters. The lowest BCUT2D eigenvalue weighted by atomic mass is 9.98. The fourth-order valence-electron chi connectivity index (χ4n) is 2.73. The molecule has 0 saturated carbocycles. The number of halogens is 1. The van der Waals surface area contributed by atoms with Crippen molar-refractivity contribution in [2.24, 2.45) is 5.92 Å². The van der Waals surface area contributed by atoms with Crippen LogP contribution in [0.3, 0.4) is 0 Å². The highest BCUT2D eigenvalue weighted by Crippen LogP contribution is 2.14. The third kappa shape index (κ3) is 5.69. The zero-order valence-corrected chi connectivity index (χ0v) is 15.6. The molecule has 1 aromatic rings. The SMILES string of the molecule is CC[C@@H](C)[C@H](NC(=O)NC1CCS(=O)(=O)C1)C(=O)Nc1ccc(F)cc1. The predicted molar refractivity (Wildman–Crippen MR) is 97.0 cm³/mol. The maximum absolute atomic E-state index is 13.0. The van der Waals surface area contributed by atoms with E-state index in [1.54, 1.807) is 0 Å². The van der Waals surface area contributed by atoms with E-state index in [0.717, 1.165) is 0 Å². The largest absolute Gasteiger partial charge is 0.334 e. The Labute approximate surface area is 152 Å². The van der Waals surface area contributed by atoms with Crippen LogP contribution in [0, 0.1) is 11.7 Å². The summed E-state index contributed by atoms with van der Waals surface area (Å²) in [7, 11) is -3.10. The number of nitrogens with one attached hydrogen (secondary N) is 3. The predicted octanol–water partition coefficient (Wildman–Crippen LogP) is 1.67. The van der Waals surface area contributed by atoms with Crippen molar-refractivity contribution in [2.45, 2.75) is 38.8 Å². The Bertz CT molecular complexity index is 752. The molecule has 2 rings (SSSR count). The smallest absolute Gasteiger partial charge is 0.315 e. The highest BCUT2D eigenvalue weighted by molar-refractivity contribution is 7.91. The minimum absolute atomic E-state index is 0.0534. The topological polar surface area (TPSA) is 104 Å². The van der Waals surface area contributed by atoms with Crippen molar-refractivity contribution >= 4 is 27.5 Å². The van der Waals surface area contributed by atoms with Gasteiger partial charge in [-0.1, -0.05) is 20.3 Å². The second-order valence-electron chi connectivity index (χ2n) is 6.58. The molecule has 0 bridgehead atoms. The fourth-order valence-corrected chi connectivity index (χ4v) is 4.41. The first-order valence-electron chi connectivity index (χ1n) is 8.54. The van der Waals surface area contributed by atoms with Gasteiger partial charge in [0.1, 0.15) is 11.9 Å². The second kappa shape index (κ2) is 8.48. The van der Waals surface area contributed by atoms with Crippen LogP contribution in [0.15, 0.2) is 24.3 Å². The number of sulfone groups is 1. The molecule has 7 nitrogen and oxygen atoms in total. The summed E-state index contributed by atoms with van der Waals surface area (Å²) in [6.07, 6.45) is 1.02. The lowest BCUT2D eigenvalue weighted by Gasteiger charge is -2.24. The molecule has 3 atom stereocenters. The Morgan fingerprint density at radius 1 is 1.27 bits per heavy atom. The van der Waals surface area contributed by atoms with E-state index in [0.29, 0.717) is 18.5 Å². The summed E-state index contributed by atoms with van der Waals surface area (Å²) >= 11 is 0. The van der Waals surface area contributed by atoms with E-state index in [1.807, 2.05) is 13.8 Å². The lowest BCUT2D eigenvalue weighted by molar-refractivity contribution is -0.119. The maximum atomic E-state index is 13.0. The molecule has 3 N–H and O–H groups in total. The first kappa shape index (κ1) is 20.2. The average molecular weight is 385 g/mol. The van der Waals surface area contributed by atoms with Crippen LogP contribution in [0.2, 0.25) is 0 Å². The van der Waals surface area contributed by atoms with Gasteiger partial charge in [-0.05, 0) is 36.6 Å². The van der Waals surface area contributed by atoms with Crippen molar-refractivity contribution in [3.8, 4) is 0 Å². The van der Waals surface area contributed by atoms with E-state index >= 15 is 0 Å². The summed E-state index contributed by atoms with van der Waals surface area (Å²) in [6, 6.07) is 3.50. The number of benzene rings is 1. The molecule has 0 radical (unpaired) electrons. The van der Waals surface area contributed by atoms with E-state index in [-0.39, 0.29) is 17.4 Å². The van der Waals surface area contributed by atoms with Gasteiger partial charge in [0.05, 0.1) is 11.5 Å². The summed E-state index contributed by atoms with van der Waals surface area (Å²) < 4.78 is 35.9. The van der Waals surface area contributed by atoms with Crippen LogP contribution in [0.4, 0.5) is 14.9 Å². The molecule has 1 aliphatic rings. The highest BCUT2D eigenvalue weighted by atomic mass is 32.2. The van der Waals surface area contributed by atoms with E-state index in [4.69, 9.17) is 0 Å². The van der Waals surface area contributed by atoms with Crippen LogP contribution in [0.1, 0.15) is 26.7 Å². The first-order chi connectivity index (χ1) is 12.2. The summed E-state index contributed by atoms with van der Waals surface area (Å²) in [5, 5.41) is 7.89. The van der Waals surface area contributed by atoms with Gasteiger partial charge in [-0.3, -0.25) is 4.79 Å². The van der Waals surface area contributed by atoms with Crippen molar-refractivity contribution in [3.63, 3.8) is 0 Å². The van der Waals surface area contributed by atoms with E-state index in [9.17, 15) is 22.4 Å². The summed E-state index contributed by atoms with van der Waals surface area (Å²) in [6.45, 7) is 3.72. The molecule has 9 heteroatoms. The first-order valence-corrected chi connectivity index (χ1v) is 10.4. The van der Waals surface area contributed by atoms with Crippen molar-refractivity contribution in [2.75, 3.05) is 16.8 Å². The zero-order chi connectivity index (χ0) is 19.3. The number of urea groups is 1. The Hall–Kier alpha value is -2.16. The van der Waals surface area contributed by atoms with Crippen molar-refractivity contribution < 1.29 is 22.4 Å². The zero-order valence-electron chi connectivity index (χ0n) is 14.8. The van der Waals surface area contributed by atoms with Gasteiger partial charge in [0.15, 0.2) is 9.84 Å². The lowest BCUT2D eigenvalue weighted by Crippen LogP contribution is -2.53. The number of amides is 3. The monoisotopic (exact) mass is 385 g/mol. The quantitative estimate of drug-likeness (QED) is 0.693. The van der Waals surface area contributed by atoms with Gasteiger partial charge in [-0.2, -0.15) is 0 Å². The molecule has 1 aromatic carbocycles. The molecule has 3 amide bonds. The maximum Gasteiger partial charge on any atom is 0.315 e. The number of hydrogen-bond acceptors (Lipinski definition) is 4. The molecular formula is C17H24FN3O4S. The van der Waals surface area contributed by atoms with Gasteiger partial charge in [0.25, 0.3) is 0 Å². The normalized spacial score (nSPS) is 20.8. The minimum Gasteiger partial charge on any atom is -0.334 e. The third-order valence-electron chi connectivity index (χ3n) is 4.46. The Morgan fingerprint density at radius 2 is 1.92 bits per heavy atom. The van der Waals surface area contributed by atoms with E-state index in [1.165, 1.54) is 24.3 Å². The Kier molecular flexibility index (Phi) is 6.57. The average Bonchev–Trinajstić information content (AvgIpc) is 2.92. The number of anilines is 1. The Balaban J connectivity index is 1.98. The summed E-state index contributed by atoms with van der Waals surface area (Å²) in [5.74, 6) is -1.01. The Morgan fingerprint density at radius 3 is 2.46 bits per heavy atom. The second-order valence-corrected chi connectivity index (χ2v) is 8.81. The van der Waals surface area contributed by atoms with Crippen molar-refractivity contribution in [1.29, 1.82) is 0 Å². The van der Waals surface area contributed by atoms with Crippen LogP contribution >= 0.6 is 0 Å². The summed E-state index contributed by atoms with van der Waals surface area (Å²) in [5.41, 5.74) is 0.425. The molecule has 0 spiro atoms. The van der Waals surface area contributed by atoms with Gasteiger partial charge in [-0.25, -0.2) is 17.6 Å². The molecule has 0 aromatic heterocycles. The van der Waals surface area contributed by atoms with Crippen molar-refractivity contribution in [3.05, 3.63) is 30.1 Å². The number of carbonyl (C=O) groups is 2. The van der Waals surface area contributed by atoms with Crippen LogP contribution in [0.25, 0.3) is 0 Å². The van der Waals surface area contributed by atoms with Crippen LogP contribution < -0.4 is 16.0 Å². The molecule has 144 valence electrons. The molecule has 26 heavy (non-hydrogen) atoms. The molecular weight excluding hydrogens is 361 g/mol. The number of carbonyl (C=O) groups excluding carboxylic acids is 2. The molecule has 1 aliphatic heterocycles. The van der Waals surface area contributed by atoms with Gasteiger partial charge in [0, 0.05) is 11.7 Å². The minimum atomic E-state index is -3.10. The number of hydrogen-bond donors (Lipinski definition) is 3. The molecule has 1 saturated heterocycles. The van der Waals surface area contributed by atoms with Gasteiger partial charge in [0.2, 0.25) is 5.91 Å². The molecule has 1 fully saturated rings. The summed E-state index contributed by atoms with van der Waals surface area (Å²) in [4.78, 5) is 24.7. The van der Waals surface area contributed by atoms with E-state index < -0.39 is 39.7 Å². The van der Waals surface area contributed by atoms with E-state index in [2.05, 4.69) is 16.0 Å². The van der Waals surface area contributed by atoms with Crippen LogP contribution in [-0.4, -0.2) is 43.9 Å². The van der Waals surface area contributed by atoms with Gasteiger partial charge in [-0.15, -0.1) is 0 Å². The van der Waals surface area contributed by atoms with Gasteiger partial charge >= 0.3 is 6.03 Å². The van der Waals surface area contributed by atoms with Crippen molar-refractivity contribution in [1.82, 2.24) is 10.6 Å². The molecule has 1 heterocycles. The molecule has 0 aliphatic carbocycles. The van der Waals surface area contributed by atoms with Crippen LogP contribution in [-0.2, 0) is 14.6 Å². The highest BCUT2D eigenvalue weighted by Gasteiger charge is 2.31.